The minimum absolute atomic E-state index is 0.103. The monoisotopic (exact) mass is 297 g/mol. The number of H-pyrrole nitrogens is 1. The van der Waals surface area contributed by atoms with Gasteiger partial charge in [0.2, 0.25) is 5.91 Å². The molecule has 1 atom stereocenters. The van der Waals surface area contributed by atoms with Crippen LogP contribution in [0, 0.1) is 0 Å². The Morgan fingerprint density at radius 3 is 2.82 bits per heavy atom. The molecule has 1 unspecified atom stereocenters. The van der Waals surface area contributed by atoms with Crippen LogP contribution >= 0.6 is 0 Å². The van der Waals surface area contributed by atoms with Gasteiger partial charge in [-0.1, -0.05) is 37.5 Å². The summed E-state index contributed by atoms with van der Waals surface area (Å²) < 4.78 is 0. The number of hydrogen-bond donors (Lipinski definition) is 3. The second-order valence-corrected chi connectivity index (χ2v) is 6.61. The number of amides is 1. The van der Waals surface area contributed by atoms with Gasteiger partial charge >= 0.3 is 0 Å². The molecule has 1 aromatic carbocycles. The van der Waals surface area contributed by atoms with E-state index in [1.165, 1.54) is 41.4 Å². The highest BCUT2D eigenvalue weighted by atomic mass is 16.2. The Kier molecular flexibility index (Phi) is 3.62. The summed E-state index contributed by atoms with van der Waals surface area (Å²) >= 11 is 0. The van der Waals surface area contributed by atoms with E-state index >= 15 is 0 Å². The second-order valence-electron chi connectivity index (χ2n) is 6.61. The van der Waals surface area contributed by atoms with Crippen molar-refractivity contribution in [3.05, 3.63) is 35.5 Å². The molecule has 2 aliphatic rings. The summed E-state index contributed by atoms with van der Waals surface area (Å²) in [6.07, 6.45) is 6.85. The van der Waals surface area contributed by atoms with Gasteiger partial charge in [-0.2, -0.15) is 0 Å². The molecule has 0 radical (unpaired) electrons. The van der Waals surface area contributed by atoms with Crippen molar-refractivity contribution < 1.29 is 4.79 Å². The maximum absolute atomic E-state index is 12.6. The molecule has 1 amide bonds. The highest BCUT2D eigenvalue weighted by molar-refractivity contribution is 5.88. The van der Waals surface area contributed by atoms with Crippen molar-refractivity contribution in [2.45, 2.75) is 57.2 Å². The molecule has 1 aromatic heterocycles. The van der Waals surface area contributed by atoms with Gasteiger partial charge in [0, 0.05) is 29.2 Å². The molecule has 2 heterocycles. The molecule has 0 spiro atoms. The minimum Gasteiger partial charge on any atom is -0.357 e. The zero-order valence-electron chi connectivity index (χ0n) is 12.8. The molecule has 22 heavy (non-hydrogen) atoms. The molecule has 4 nitrogen and oxygen atoms in total. The lowest BCUT2D eigenvalue weighted by Crippen LogP contribution is -2.50. The van der Waals surface area contributed by atoms with Gasteiger partial charge in [-0.15, -0.1) is 0 Å². The van der Waals surface area contributed by atoms with E-state index < -0.39 is 0 Å². The predicted octanol–water partition coefficient (Wildman–Crippen LogP) is 2.63. The van der Waals surface area contributed by atoms with E-state index in [1.54, 1.807) is 0 Å². The fraction of sp³-hybridized carbons (Fsp3) is 0.500. The van der Waals surface area contributed by atoms with E-state index in [0.717, 1.165) is 25.8 Å². The first-order valence-corrected chi connectivity index (χ1v) is 8.43. The Morgan fingerprint density at radius 1 is 1.14 bits per heavy atom. The SMILES string of the molecule is O=C(NC1CCCCC1)C1Cc2c([nH]c3ccccc23)CN1. The van der Waals surface area contributed by atoms with E-state index in [9.17, 15) is 4.79 Å². The van der Waals surface area contributed by atoms with Crippen LogP contribution in [0.5, 0.6) is 0 Å². The maximum Gasteiger partial charge on any atom is 0.237 e. The average Bonchev–Trinajstić information content (AvgIpc) is 2.93. The average molecular weight is 297 g/mol. The van der Waals surface area contributed by atoms with E-state index in [0.29, 0.717) is 6.04 Å². The van der Waals surface area contributed by atoms with E-state index in [2.05, 4.69) is 33.8 Å². The first-order chi connectivity index (χ1) is 10.8. The number of para-hydroxylation sites is 1. The van der Waals surface area contributed by atoms with Crippen LogP contribution in [0.3, 0.4) is 0 Å². The van der Waals surface area contributed by atoms with Crippen LogP contribution in [-0.2, 0) is 17.8 Å². The molecular weight excluding hydrogens is 274 g/mol. The van der Waals surface area contributed by atoms with Crippen molar-refractivity contribution >= 4 is 16.8 Å². The highest BCUT2D eigenvalue weighted by Gasteiger charge is 2.28. The Morgan fingerprint density at radius 2 is 1.95 bits per heavy atom. The molecule has 1 aliphatic carbocycles. The predicted molar refractivity (Wildman–Crippen MR) is 87.6 cm³/mol. The number of aromatic amines is 1. The van der Waals surface area contributed by atoms with Gasteiger partial charge in [0.25, 0.3) is 0 Å². The molecule has 1 aliphatic heterocycles. The van der Waals surface area contributed by atoms with Gasteiger partial charge in [0.05, 0.1) is 6.04 Å². The Balaban J connectivity index is 1.50. The molecule has 3 N–H and O–H groups in total. The van der Waals surface area contributed by atoms with Crippen LogP contribution in [0.25, 0.3) is 10.9 Å². The number of fused-ring (bicyclic) bond motifs is 3. The third-order valence-electron chi connectivity index (χ3n) is 5.10. The van der Waals surface area contributed by atoms with Crippen LogP contribution in [0.4, 0.5) is 0 Å². The highest BCUT2D eigenvalue weighted by Crippen LogP contribution is 2.26. The van der Waals surface area contributed by atoms with E-state index in [-0.39, 0.29) is 11.9 Å². The number of carbonyl (C=O) groups excluding carboxylic acids is 1. The summed E-state index contributed by atoms with van der Waals surface area (Å²) in [6.45, 7) is 0.743. The fourth-order valence-electron chi connectivity index (χ4n) is 3.88. The summed E-state index contributed by atoms with van der Waals surface area (Å²) in [6, 6.07) is 8.64. The van der Waals surface area contributed by atoms with Gasteiger partial charge < -0.3 is 10.3 Å². The fourth-order valence-corrected chi connectivity index (χ4v) is 3.88. The standard InChI is InChI=1S/C18H23N3O/c22-18(20-12-6-2-1-3-7-12)16-10-14-13-8-4-5-9-15(13)21-17(14)11-19-16/h4-5,8-9,12,16,19,21H,1-3,6-7,10-11H2,(H,20,22). The minimum atomic E-state index is -0.103. The zero-order chi connectivity index (χ0) is 14.9. The van der Waals surface area contributed by atoms with Crippen molar-refractivity contribution in [2.75, 3.05) is 0 Å². The summed E-state index contributed by atoms with van der Waals surface area (Å²) in [4.78, 5) is 16.0. The largest absolute Gasteiger partial charge is 0.357 e. The lowest BCUT2D eigenvalue weighted by molar-refractivity contribution is -0.124. The molecule has 0 bridgehead atoms. The number of nitrogens with one attached hydrogen (secondary N) is 3. The zero-order valence-corrected chi connectivity index (χ0v) is 12.8. The quantitative estimate of drug-likeness (QED) is 0.798. The van der Waals surface area contributed by atoms with Crippen LogP contribution in [0.2, 0.25) is 0 Å². The van der Waals surface area contributed by atoms with E-state index in [1.807, 2.05) is 6.07 Å². The van der Waals surface area contributed by atoms with Gasteiger partial charge in [0.15, 0.2) is 0 Å². The summed E-state index contributed by atoms with van der Waals surface area (Å²) in [5.41, 5.74) is 3.70. The number of benzene rings is 1. The van der Waals surface area contributed by atoms with Crippen molar-refractivity contribution in [2.24, 2.45) is 0 Å². The Labute approximate surface area is 130 Å². The van der Waals surface area contributed by atoms with Gasteiger partial charge in [-0.3, -0.25) is 10.1 Å². The van der Waals surface area contributed by atoms with Crippen molar-refractivity contribution in [3.63, 3.8) is 0 Å². The molecule has 1 fully saturated rings. The molecule has 0 saturated heterocycles. The van der Waals surface area contributed by atoms with Crippen molar-refractivity contribution in [3.8, 4) is 0 Å². The summed E-state index contributed by atoms with van der Waals surface area (Å²) in [5, 5.41) is 7.89. The van der Waals surface area contributed by atoms with Gasteiger partial charge in [-0.05, 0) is 30.9 Å². The van der Waals surface area contributed by atoms with Crippen molar-refractivity contribution in [1.82, 2.24) is 15.6 Å². The van der Waals surface area contributed by atoms with Crippen LogP contribution in [-0.4, -0.2) is 23.0 Å². The lowest BCUT2D eigenvalue weighted by Gasteiger charge is -2.28. The Hall–Kier alpha value is -1.81. The van der Waals surface area contributed by atoms with E-state index in [4.69, 9.17) is 0 Å². The third-order valence-corrected chi connectivity index (χ3v) is 5.10. The van der Waals surface area contributed by atoms with Crippen LogP contribution < -0.4 is 10.6 Å². The molecule has 4 heteroatoms. The first kappa shape index (κ1) is 13.8. The second kappa shape index (κ2) is 5.76. The van der Waals surface area contributed by atoms with Crippen LogP contribution in [0.1, 0.15) is 43.4 Å². The maximum atomic E-state index is 12.6. The molecular formula is C18H23N3O. The first-order valence-electron chi connectivity index (χ1n) is 8.43. The molecule has 116 valence electrons. The van der Waals surface area contributed by atoms with Gasteiger partial charge in [0.1, 0.15) is 0 Å². The Bertz CT molecular complexity index is 685. The number of rotatable bonds is 2. The third kappa shape index (κ3) is 2.52. The molecule has 1 saturated carbocycles. The van der Waals surface area contributed by atoms with Crippen LogP contribution in [0.15, 0.2) is 24.3 Å². The molecule has 2 aromatic rings. The van der Waals surface area contributed by atoms with Crippen molar-refractivity contribution in [1.29, 1.82) is 0 Å². The lowest BCUT2D eigenvalue weighted by atomic mass is 9.94. The number of carbonyl (C=O) groups is 1. The normalized spacial score (nSPS) is 22.5. The summed E-state index contributed by atoms with van der Waals surface area (Å²) in [7, 11) is 0. The van der Waals surface area contributed by atoms with Gasteiger partial charge in [-0.25, -0.2) is 0 Å². The molecule has 4 rings (SSSR count). The number of hydrogen-bond acceptors (Lipinski definition) is 2. The summed E-state index contributed by atoms with van der Waals surface area (Å²) in [5.74, 6) is 0.169. The topological polar surface area (TPSA) is 56.9 Å². The smallest absolute Gasteiger partial charge is 0.237 e. The number of aromatic nitrogens is 1.